The van der Waals surface area contributed by atoms with Crippen molar-refractivity contribution in [1.82, 2.24) is 15.0 Å². The van der Waals surface area contributed by atoms with E-state index in [0.29, 0.717) is 29.3 Å². The normalized spacial score (nSPS) is 10.9. The lowest BCUT2D eigenvalue weighted by atomic mass is 10.0. The van der Waals surface area contributed by atoms with Crippen LogP contribution < -0.4 is 16.4 Å². The number of rotatable bonds is 7. The molecule has 2 aromatic heterocycles. The summed E-state index contributed by atoms with van der Waals surface area (Å²) in [6, 6.07) is 11.9. The van der Waals surface area contributed by atoms with Crippen LogP contribution in [0.2, 0.25) is 0 Å². The number of aromatic nitrogens is 3. The van der Waals surface area contributed by atoms with Crippen LogP contribution in [0, 0.1) is 19.7 Å². The minimum atomic E-state index is -0.469. The fourth-order valence-corrected chi connectivity index (χ4v) is 3.66. The van der Waals surface area contributed by atoms with Gasteiger partial charge in [0.15, 0.2) is 0 Å². The highest BCUT2D eigenvalue weighted by Gasteiger charge is 2.13. The average Bonchev–Trinajstić information content (AvgIpc) is 3.09. The first-order valence-corrected chi connectivity index (χ1v) is 9.91. The van der Waals surface area contributed by atoms with Gasteiger partial charge in [-0.15, -0.1) is 0 Å². The Bertz CT molecular complexity index is 1250. The molecule has 0 atom stereocenters. The van der Waals surface area contributed by atoms with E-state index in [-0.39, 0.29) is 5.82 Å². The van der Waals surface area contributed by atoms with E-state index in [1.165, 1.54) is 12.4 Å². The molecule has 0 unspecified atom stereocenters. The number of H-pyrrole nitrogens is 1. The molecular formula is C23H23FN6O. The van der Waals surface area contributed by atoms with Crippen LogP contribution in [-0.4, -0.2) is 27.4 Å². The first-order valence-electron chi connectivity index (χ1n) is 9.91. The number of anilines is 3. The summed E-state index contributed by atoms with van der Waals surface area (Å²) in [6.07, 6.45) is 2.19. The number of aryl methyl sites for hydroxylation is 2. The predicted molar refractivity (Wildman–Crippen MR) is 120 cm³/mol. The van der Waals surface area contributed by atoms with Crippen molar-refractivity contribution >= 4 is 34.1 Å². The monoisotopic (exact) mass is 418 g/mol. The number of carbonyl (C=O) groups excluding carboxylic acids is 1. The minimum Gasteiger partial charge on any atom is -0.370 e. The molecule has 0 spiro atoms. The van der Waals surface area contributed by atoms with Gasteiger partial charge >= 0.3 is 0 Å². The van der Waals surface area contributed by atoms with Gasteiger partial charge in [0.2, 0.25) is 5.91 Å². The molecule has 31 heavy (non-hydrogen) atoms. The van der Waals surface area contributed by atoms with Crippen molar-refractivity contribution in [3.8, 4) is 0 Å². The van der Waals surface area contributed by atoms with E-state index >= 15 is 0 Å². The highest BCUT2D eigenvalue weighted by atomic mass is 19.1. The lowest BCUT2D eigenvalue weighted by Crippen LogP contribution is -2.10. The number of carbonyl (C=O) groups is 1. The van der Waals surface area contributed by atoms with Crippen molar-refractivity contribution in [3.05, 3.63) is 77.0 Å². The van der Waals surface area contributed by atoms with E-state index in [1.807, 2.05) is 13.8 Å². The van der Waals surface area contributed by atoms with Crippen LogP contribution in [0.4, 0.5) is 21.7 Å². The van der Waals surface area contributed by atoms with E-state index in [0.717, 1.165) is 34.3 Å². The fourth-order valence-electron chi connectivity index (χ4n) is 3.66. The van der Waals surface area contributed by atoms with Gasteiger partial charge < -0.3 is 21.4 Å². The van der Waals surface area contributed by atoms with Crippen LogP contribution in [0.25, 0.3) is 10.9 Å². The summed E-state index contributed by atoms with van der Waals surface area (Å²) in [5.74, 6) is 0.582. The van der Waals surface area contributed by atoms with Gasteiger partial charge in [-0.25, -0.2) is 14.4 Å². The number of nitrogens with zero attached hydrogens (tertiary/aromatic N) is 2. The van der Waals surface area contributed by atoms with Crippen LogP contribution in [0.3, 0.4) is 0 Å². The summed E-state index contributed by atoms with van der Waals surface area (Å²) in [6.45, 7) is 4.59. The zero-order chi connectivity index (χ0) is 22.0. The van der Waals surface area contributed by atoms with Gasteiger partial charge in [-0.3, -0.25) is 4.79 Å². The number of nitrogens with one attached hydrogen (secondary N) is 3. The topological polar surface area (TPSA) is 109 Å². The maximum atomic E-state index is 14.1. The van der Waals surface area contributed by atoms with Gasteiger partial charge in [0.05, 0.1) is 5.52 Å². The van der Waals surface area contributed by atoms with Gasteiger partial charge in [0.25, 0.3) is 0 Å². The fraction of sp³-hybridized carbons (Fsp3) is 0.174. The Kier molecular flexibility index (Phi) is 5.53. The third-order valence-electron chi connectivity index (χ3n) is 5.22. The molecule has 0 aliphatic rings. The number of benzene rings is 2. The number of aromatic amines is 1. The number of hydrogen-bond donors (Lipinski definition) is 4. The molecule has 4 aromatic rings. The molecule has 0 saturated heterocycles. The number of primary amides is 1. The molecule has 0 aliphatic heterocycles. The molecular weight excluding hydrogens is 395 g/mol. The predicted octanol–water partition coefficient (Wildman–Crippen LogP) is 4.21. The molecule has 5 N–H and O–H groups in total. The second kappa shape index (κ2) is 8.43. The van der Waals surface area contributed by atoms with Crippen LogP contribution in [0.1, 0.15) is 27.2 Å². The van der Waals surface area contributed by atoms with Crippen molar-refractivity contribution in [2.45, 2.75) is 20.3 Å². The summed E-state index contributed by atoms with van der Waals surface area (Å²) >= 11 is 0. The van der Waals surface area contributed by atoms with Crippen LogP contribution >= 0.6 is 0 Å². The quantitative estimate of drug-likeness (QED) is 0.359. The smallest absolute Gasteiger partial charge is 0.248 e. The first-order chi connectivity index (χ1) is 14.9. The first kappa shape index (κ1) is 20.3. The lowest BCUT2D eigenvalue weighted by molar-refractivity contribution is 0.100. The third-order valence-corrected chi connectivity index (χ3v) is 5.22. The number of halogens is 1. The molecule has 1 amide bonds. The highest BCUT2D eigenvalue weighted by Crippen LogP contribution is 2.28. The Morgan fingerprint density at radius 1 is 1.10 bits per heavy atom. The third kappa shape index (κ3) is 4.32. The number of nitrogens with two attached hydrogens (primary N) is 1. The molecule has 2 heterocycles. The van der Waals surface area contributed by atoms with E-state index in [1.54, 1.807) is 36.4 Å². The molecule has 0 aliphatic carbocycles. The molecule has 0 bridgehead atoms. The average molecular weight is 418 g/mol. The molecule has 8 heteroatoms. The highest BCUT2D eigenvalue weighted by molar-refractivity contribution is 5.93. The Balaban J connectivity index is 1.43. The van der Waals surface area contributed by atoms with Crippen LogP contribution in [0.5, 0.6) is 0 Å². The SMILES string of the molecule is Cc1[nH]c2c(F)ccc(C)c2c1CCNc1cc(Nc2ccc(C(N)=O)cc2)ncn1. The summed E-state index contributed by atoms with van der Waals surface area (Å²) in [4.78, 5) is 22.8. The summed E-state index contributed by atoms with van der Waals surface area (Å²) in [5.41, 5.74) is 10.2. The van der Waals surface area contributed by atoms with Gasteiger partial charge in [-0.2, -0.15) is 0 Å². The zero-order valence-electron chi connectivity index (χ0n) is 17.3. The van der Waals surface area contributed by atoms with Crippen molar-refractivity contribution in [2.24, 2.45) is 5.73 Å². The standard InChI is InChI=1S/C23H23FN6O/c1-13-3-8-18(24)22-21(13)17(14(2)29-22)9-10-26-19-11-20(28-12-27-19)30-16-6-4-15(5-7-16)23(25)31/h3-8,11-12,29H,9-10H2,1-2H3,(H2,25,31)(H2,26,27,28,30). The van der Waals surface area contributed by atoms with Gasteiger partial charge in [-0.1, -0.05) is 6.07 Å². The maximum Gasteiger partial charge on any atom is 0.248 e. The number of amides is 1. The van der Waals surface area contributed by atoms with E-state index in [4.69, 9.17) is 5.73 Å². The van der Waals surface area contributed by atoms with E-state index in [9.17, 15) is 9.18 Å². The molecule has 0 saturated carbocycles. The molecule has 0 radical (unpaired) electrons. The van der Waals surface area contributed by atoms with Crippen molar-refractivity contribution in [1.29, 1.82) is 0 Å². The molecule has 0 fully saturated rings. The molecule has 2 aromatic carbocycles. The number of fused-ring (bicyclic) bond motifs is 1. The van der Waals surface area contributed by atoms with Gasteiger partial charge in [-0.05, 0) is 61.7 Å². The summed E-state index contributed by atoms with van der Waals surface area (Å²) in [5, 5.41) is 7.42. The van der Waals surface area contributed by atoms with Gasteiger partial charge in [0.1, 0.15) is 23.8 Å². The molecule has 158 valence electrons. The Hall–Kier alpha value is -3.94. The summed E-state index contributed by atoms with van der Waals surface area (Å²) in [7, 11) is 0. The van der Waals surface area contributed by atoms with E-state index < -0.39 is 5.91 Å². The lowest BCUT2D eigenvalue weighted by Gasteiger charge is -2.10. The Morgan fingerprint density at radius 3 is 2.58 bits per heavy atom. The zero-order valence-corrected chi connectivity index (χ0v) is 17.3. The second-order valence-corrected chi connectivity index (χ2v) is 7.37. The molecule has 4 rings (SSSR count). The van der Waals surface area contributed by atoms with Crippen molar-refractivity contribution < 1.29 is 9.18 Å². The molecule has 7 nitrogen and oxygen atoms in total. The van der Waals surface area contributed by atoms with Crippen LogP contribution in [0.15, 0.2) is 48.8 Å². The van der Waals surface area contributed by atoms with Crippen molar-refractivity contribution in [2.75, 3.05) is 17.2 Å². The van der Waals surface area contributed by atoms with E-state index in [2.05, 4.69) is 25.6 Å². The Morgan fingerprint density at radius 2 is 1.84 bits per heavy atom. The minimum absolute atomic E-state index is 0.238. The van der Waals surface area contributed by atoms with Crippen LogP contribution in [-0.2, 0) is 6.42 Å². The summed E-state index contributed by atoms with van der Waals surface area (Å²) < 4.78 is 14.1. The largest absolute Gasteiger partial charge is 0.370 e. The second-order valence-electron chi connectivity index (χ2n) is 7.37. The Labute approximate surface area is 178 Å². The van der Waals surface area contributed by atoms with Gasteiger partial charge in [0, 0.05) is 34.9 Å². The maximum absolute atomic E-state index is 14.1. The number of hydrogen-bond acceptors (Lipinski definition) is 5. The van der Waals surface area contributed by atoms with Crippen molar-refractivity contribution in [3.63, 3.8) is 0 Å².